The molecule has 0 aromatic carbocycles. The van der Waals surface area contributed by atoms with Crippen molar-refractivity contribution in [3.63, 3.8) is 0 Å². The number of hydrogen-bond donors (Lipinski definition) is 1. The van der Waals surface area contributed by atoms with Gasteiger partial charge in [0.05, 0.1) is 0 Å². The van der Waals surface area contributed by atoms with E-state index in [0.717, 1.165) is 29.7 Å². The molecule has 0 radical (unpaired) electrons. The predicted octanol–water partition coefficient (Wildman–Crippen LogP) is 7.41. The Kier molecular flexibility index (Phi) is 17.8. The summed E-state index contributed by atoms with van der Waals surface area (Å²) >= 11 is 0. The van der Waals surface area contributed by atoms with E-state index >= 15 is 0 Å². The highest BCUT2D eigenvalue weighted by Crippen LogP contribution is 2.13. The van der Waals surface area contributed by atoms with Crippen molar-refractivity contribution in [2.75, 3.05) is 6.61 Å². The highest BCUT2D eigenvalue weighted by molar-refractivity contribution is 5.05. The minimum Gasteiger partial charge on any atom is -0.619 e. The van der Waals surface area contributed by atoms with E-state index in [1.807, 2.05) is 6.07 Å². The van der Waals surface area contributed by atoms with Gasteiger partial charge in [-0.25, -0.2) is 4.57 Å². The van der Waals surface area contributed by atoms with Crippen LogP contribution in [0.5, 0.6) is 0 Å². The Bertz CT molecular complexity index is 780. The molecule has 0 aliphatic rings. The quantitative estimate of drug-likeness (QED) is 0.0987. The molecule has 0 aliphatic heterocycles. The Labute approximate surface area is 221 Å². The lowest BCUT2D eigenvalue weighted by Gasteiger charge is -2.04. The molecule has 0 spiro atoms. The molecule has 0 fully saturated rings. The zero-order valence-corrected chi connectivity index (χ0v) is 22.9. The van der Waals surface area contributed by atoms with Gasteiger partial charge >= 0.3 is 0 Å². The number of unbranched alkanes of at least 4 members (excludes halogenated alkanes) is 16. The van der Waals surface area contributed by atoms with E-state index in [1.165, 1.54) is 121 Å². The van der Waals surface area contributed by atoms with Crippen molar-refractivity contribution in [1.82, 2.24) is 0 Å². The number of aliphatic hydroxyl groups excluding tert-OH is 1. The Morgan fingerprint density at radius 2 is 0.972 bits per heavy atom. The van der Waals surface area contributed by atoms with Crippen LogP contribution in [-0.4, -0.2) is 11.7 Å². The summed E-state index contributed by atoms with van der Waals surface area (Å²) in [4.78, 5) is 0. The summed E-state index contributed by atoms with van der Waals surface area (Å²) in [6, 6.07) is 8.40. The zero-order chi connectivity index (χ0) is 25.5. The SMILES string of the molecule is [O-][n+]1cccc(CCCCCCCCCC[n+]2cccc(CCCCCCCCCCCCO)c2)c1. The molecule has 36 heavy (non-hydrogen) atoms. The van der Waals surface area contributed by atoms with E-state index < -0.39 is 0 Å². The van der Waals surface area contributed by atoms with Crippen LogP contribution >= 0.6 is 0 Å². The van der Waals surface area contributed by atoms with Crippen LogP contribution in [0.1, 0.15) is 127 Å². The number of pyridine rings is 2. The van der Waals surface area contributed by atoms with E-state index in [1.54, 1.807) is 12.4 Å². The normalized spacial score (nSPS) is 11.2. The molecule has 0 amide bonds. The highest BCUT2D eigenvalue weighted by atomic mass is 16.5. The first-order valence-electron chi connectivity index (χ1n) is 15.0. The van der Waals surface area contributed by atoms with E-state index in [9.17, 15) is 5.21 Å². The summed E-state index contributed by atoms with van der Waals surface area (Å²) in [5.41, 5.74) is 2.64. The van der Waals surface area contributed by atoms with Crippen molar-refractivity contribution in [3.05, 3.63) is 65.4 Å². The standard InChI is InChI=1S/C32H53N2O2/c35-28-18-14-10-6-2-1-3-7-11-15-21-31-23-19-26-33(29-31)25-17-13-9-5-4-8-12-16-22-32-24-20-27-34(36)30-32/h19-20,23-24,26-27,29-30,35H,1-18,21-22,25,28H2/q+1. The molecule has 0 aliphatic carbocycles. The smallest absolute Gasteiger partial charge is 0.183 e. The minimum atomic E-state index is 0.352. The van der Waals surface area contributed by atoms with Crippen LogP contribution in [0.15, 0.2) is 49.1 Å². The van der Waals surface area contributed by atoms with Crippen molar-refractivity contribution in [2.45, 2.75) is 135 Å². The zero-order valence-electron chi connectivity index (χ0n) is 22.9. The molecule has 2 heterocycles. The van der Waals surface area contributed by atoms with Crippen LogP contribution in [0.4, 0.5) is 0 Å². The van der Waals surface area contributed by atoms with Crippen LogP contribution in [-0.2, 0) is 19.4 Å². The number of rotatable bonds is 23. The van der Waals surface area contributed by atoms with E-state index in [2.05, 4.69) is 35.2 Å². The first-order chi connectivity index (χ1) is 17.8. The van der Waals surface area contributed by atoms with Gasteiger partial charge < -0.3 is 10.3 Å². The topological polar surface area (TPSA) is 51.0 Å². The first-order valence-corrected chi connectivity index (χ1v) is 15.0. The molecule has 2 rings (SSSR count). The predicted molar refractivity (Wildman–Crippen MR) is 150 cm³/mol. The second-order valence-corrected chi connectivity index (χ2v) is 10.6. The number of aliphatic hydroxyl groups is 1. The molecular formula is C32H53N2O2+. The molecule has 0 atom stereocenters. The highest BCUT2D eigenvalue weighted by Gasteiger charge is 2.04. The second-order valence-electron chi connectivity index (χ2n) is 10.6. The number of aryl methyl sites for hydroxylation is 3. The third-order valence-electron chi connectivity index (χ3n) is 7.26. The van der Waals surface area contributed by atoms with Gasteiger partial charge in [0.2, 0.25) is 0 Å². The van der Waals surface area contributed by atoms with Gasteiger partial charge in [-0.15, -0.1) is 0 Å². The summed E-state index contributed by atoms with van der Waals surface area (Å²) in [5, 5.41) is 20.1. The van der Waals surface area contributed by atoms with E-state index in [0.29, 0.717) is 6.61 Å². The summed E-state index contributed by atoms with van der Waals surface area (Å²) in [6.45, 7) is 1.49. The third kappa shape index (κ3) is 15.9. The van der Waals surface area contributed by atoms with Gasteiger partial charge in [-0.05, 0) is 50.7 Å². The van der Waals surface area contributed by atoms with Crippen LogP contribution in [0.3, 0.4) is 0 Å². The van der Waals surface area contributed by atoms with Crippen LogP contribution < -0.4 is 9.30 Å². The summed E-state index contributed by atoms with van der Waals surface area (Å²) in [6.07, 6.45) is 33.4. The van der Waals surface area contributed by atoms with Crippen LogP contribution in [0.25, 0.3) is 0 Å². The van der Waals surface area contributed by atoms with Gasteiger partial charge in [-0.2, -0.15) is 4.73 Å². The van der Waals surface area contributed by atoms with Gasteiger partial charge in [-0.1, -0.05) is 83.5 Å². The molecule has 2 aromatic heterocycles. The van der Waals surface area contributed by atoms with Crippen molar-refractivity contribution in [3.8, 4) is 0 Å². The van der Waals surface area contributed by atoms with Gasteiger partial charge in [0.1, 0.15) is 6.54 Å². The Morgan fingerprint density at radius 1 is 0.528 bits per heavy atom. The van der Waals surface area contributed by atoms with E-state index in [-0.39, 0.29) is 0 Å². The van der Waals surface area contributed by atoms with E-state index in [4.69, 9.17) is 5.11 Å². The second kappa shape index (κ2) is 21.2. The Balaban J connectivity index is 1.39. The van der Waals surface area contributed by atoms with Crippen molar-refractivity contribution in [2.24, 2.45) is 0 Å². The molecule has 2 aromatic rings. The Morgan fingerprint density at radius 3 is 1.50 bits per heavy atom. The number of hydrogen-bond acceptors (Lipinski definition) is 2. The number of nitrogens with zero attached hydrogens (tertiary/aromatic N) is 2. The lowest BCUT2D eigenvalue weighted by Crippen LogP contribution is -2.33. The minimum absolute atomic E-state index is 0.352. The summed E-state index contributed by atoms with van der Waals surface area (Å²) in [7, 11) is 0. The molecule has 0 bridgehead atoms. The Hall–Kier alpha value is -1.94. The fraction of sp³-hybridized carbons (Fsp3) is 0.688. The van der Waals surface area contributed by atoms with Gasteiger partial charge in [-0.3, -0.25) is 0 Å². The molecule has 0 unspecified atom stereocenters. The maximum atomic E-state index is 11.3. The fourth-order valence-electron chi connectivity index (χ4n) is 5.05. The maximum Gasteiger partial charge on any atom is 0.183 e. The van der Waals surface area contributed by atoms with Gasteiger partial charge in [0.25, 0.3) is 0 Å². The molecule has 202 valence electrons. The van der Waals surface area contributed by atoms with Crippen molar-refractivity contribution in [1.29, 1.82) is 0 Å². The van der Waals surface area contributed by atoms with Crippen molar-refractivity contribution < 1.29 is 14.4 Å². The van der Waals surface area contributed by atoms with Crippen molar-refractivity contribution >= 4 is 0 Å². The third-order valence-corrected chi connectivity index (χ3v) is 7.26. The molecule has 0 saturated heterocycles. The van der Waals surface area contributed by atoms with Gasteiger partial charge in [0, 0.05) is 36.3 Å². The average Bonchev–Trinajstić information content (AvgIpc) is 2.88. The largest absolute Gasteiger partial charge is 0.619 e. The van der Waals surface area contributed by atoms with Crippen LogP contribution in [0.2, 0.25) is 0 Å². The molecular weight excluding hydrogens is 444 g/mol. The monoisotopic (exact) mass is 497 g/mol. The molecule has 4 heteroatoms. The molecule has 4 nitrogen and oxygen atoms in total. The lowest BCUT2D eigenvalue weighted by molar-refractivity contribution is -0.697. The molecule has 1 N–H and O–H groups in total. The first kappa shape index (κ1) is 30.3. The molecule has 0 saturated carbocycles. The number of aromatic nitrogens is 2. The lowest BCUT2D eigenvalue weighted by atomic mass is 10.0. The van der Waals surface area contributed by atoms with Crippen LogP contribution in [0, 0.1) is 5.21 Å². The average molecular weight is 498 g/mol. The summed E-state index contributed by atoms with van der Waals surface area (Å²) < 4.78 is 3.29. The maximum absolute atomic E-state index is 11.3. The summed E-state index contributed by atoms with van der Waals surface area (Å²) in [5.74, 6) is 0. The fourth-order valence-corrected chi connectivity index (χ4v) is 5.05. The van der Waals surface area contributed by atoms with Gasteiger partial charge in [0.15, 0.2) is 24.8 Å².